The predicted molar refractivity (Wildman–Crippen MR) is 106 cm³/mol. The van der Waals surface area contributed by atoms with Crippen molar-refractivity contribution in [2.75, 3.05) is 63.9 Å². The van der Waals surface area contributed by atoms with Crippen molar-refractivity contribution in [3.8, 4) is 0 Å². The van der Waals surface area contributed by atoms with Gasteiger partial charge in [0.15, 0.2) is 5.96 Å². The Bertz CT molecular complexity index is 508. The van der Waals surface area contributed by atoms with Crippen LogP contribution in [0.1, 0.15) is 19.8 Å². The summed E-state index contributed by atoms with van der Waals surface area (Å²) in [6.45, 7) is 10.9. The van der Waals surface area contributed by atoms with E-state index in [0.717, 1.165) is 77.8 Å². The molecule has 2 fully saturated rings. The second-order valence-electron chi connectivity index (χ2n) is 6.57. The zero-order valence-electron chi connectivity index (χ0n) is 15.2. The molecule has 7 heteroatoms. The van der Waals surface area contributed by atoms with Crippen molar-refractivity contribution >= 4 is 22.3 Å². The highest BCUT2D eigenvalue weighted by atomic mass is 32.1. The summed E-state index contributed by atoms with van der Waals surface area (Å²) in [4.78, 5) is 9.69. The quantitative estimate of drug-likeness (QED) is 0.592. The van der Waals surface area contributed by atoms with Gasteiger partial charge >= 0.3 is 0 Å². The van der Waals surface area contributed by atoms with Crippen LogP contribution in [0.4, 0.5) is 5.00 Å². The van der Waals surface area contributed by atoms with Gasteiger partial charge in [-0.05, 0) is 37.3 Å². The number of guanidine groups is 1. The zero-order chi connectivity index (χ0) is 17.3. The second-order valence-corrected chi connectivity index (χ2v) is 7.50. The van der Waals surface area contributed by atoms with E-state index < -0.39 is 0 Å². The van der Waals surface area contributed by atoms with Crippen LogP contribution in [0.5, 0.6) is 0 Å². The first-order valence-electron chi connectivity index (χ1n) is 9.48. The maximum Gasteiger partial charge on any atom is 0.191 e. The topological polar surface area (TPSA) is 52.1 Å². The van der Waals surface area contributed by atoms with Gasteiger partial charge in [0.05, 0.1) is 24.8 Å². The van der Waals surface area contributed by atoms with E-state index in [-0.39, 0.29) is 0 Å². The van der Waals surface area contributed by atoms with E-state index >= 15 is 0 Å². The summed E-state index contributed by atoms with van der Waals surface area (Å²) in [5.41, 5.74) is 0. The minimum Gasteiger partial charge on any atom is -0.379 e. The van der Waals surface area contributed by atoms with Gasteiger partial charge in [-0.25, -0.2) is 0 Å². The average molecular weight is 366 g/mol. The maximum absolute atomic E-state index is 5.40. The van der Waals surface area contributed by atoms with Gasteiger partial charge in [-0.1, -0.05) is 0 Å². The summed E-state index contributed by atoms with van der Waals surface area (Å²) in [6.07, 6.45) is 2.32. The lowest BCUT2D eigenvalue weighted by atomic mass is 10.1. The van der Waals surface area contributed by atoms with Gasteiger partial charge < -0.3 is 20.3 Å². The largest absolute Gasteiger partial charge is 0.379 e. The standard InChI is InChI=1S/C18H31N5OS/c1-2-19-18(20-7-10-22-11-13-24-14-12-22)21-16-5-8-23(9-6-16)17-4-3-15-25-17/h3-4,15-16H,2,5-14H2,1H3,(H2,19,20,21). The molecule has 2 saturated heterocycles. The minimum absolute atomic E-state index is 0.511. The number of anilines is 1. The molecule has 0 saturated carbocycles. The molecule has 0 amide bonds. The van der Waals surface area contributed by atoms with Gasteiger partial charge in [0, 0.05) is 45.3 Å². The van der Waals surface area contributed by atoms with Gasteiger partial charge in [-0.15, -0.1) is 11.3 Å². The van der Waals surface area contributed by atoms with Crippen LogP contribution in [0.25, 0.3) is 0 Å². The molecule has 2 aliphatic rings. The number of rotatable bonds is 6. The lowest BCUT2D eigenvalue weighted by Crippen LogP contribution is -2.49. The Morgan fingerprint density at radius 1 is 1.28 bits per heavy atom. The molecule has 2 aliphatic heterocycles. The lowest BCUT2D eigenvalue weighted by Gasteiger charge is -2.33. The molecule has 25 heavy (non-hydrogen) atoms. The minimum atomic E-state index is 0.511. The summed E-state index contributed by atoms with van der Waals surface area (Å²) in [7, 11) is 0. The van der Waals surface area contributed by atoms with Crippen molar-refractivity contribution in [2.45, 2.75) is 25.8 Å². The van der Waals surface area contributed by atoms with Crippen LogP contribution in [0, 0.1) is 0 Å². The van der Waals surface area contributed by atoms with Crippen LogP contribution in [0.3, 0.4) is 0 Å². The SMILES string of the molecule is CCNC(=NCCN1CCOCC1)NC1CCN(c2cccs2)CC1. The van der Waals surface area contributed by atoms with Crippen LogP contribution in [-0.2, 0) is 4.74 Å². The highest BCUT2D eigenvalue weighted by Crippen LogP contribution is 2.24. The maximum atomic E-state index is 5.40. The van der Waals surface area contributed by atoms with E-state index in [9.17, 15) is 0 Å². The van der Waals surface area contributed by atoms with Crippen LogP contribution in [0.2, 0.25) is 0 Å². The van der Waals surface area contributed by atoms with E-state index in [4.69, 9.17) is 9.73 Å². The van der Waals surface area contributed by atoms with Crippen molar-refractivity contribution in [3.05, 3.63) is 17.5 Å². The Kier molecular flexibility index (Phi) is 7.38. The molecule has 1 aromatic rings. The molecular formula is C18H31N5OS. The lowest BCUT2D eigenvalue weighted by molar-refractivity contribution is 0.0394. The molecule has 1 aromatic heterocycles. The highest BCUT2D eigenvalue weighted by Gasteiger charge is 2.20. The van der Waals surface area contributed by atoms with Crippen molar-refractivity contribution in [3.63, 3.8) is 0 Å². The van der Waals surface area contributed by atoms with Crippen molar-refractivity contribution in [1.29, 1.82) is 0 Å². The summed E-state index contributed by atoms with van der Waals surface area (Å²) < 4.78 is 5.40. The molecule has 0 atom stereocenters. The van der Waals surface area contributed by atoms with Crippen molar-refractivity contribution < 1.29 is 4.74 Å². The van der Waals surface area contributed by atoms with Gasteiger partial charge in [-0.3, -0.25) is 9.89 Å². The molecule has 0 unspecified atom stereocenters. The Balaban J connectivity index is 1.42. The van der Waals surface area contributed by atoms with Gasteiger partial charge in [0.25, 0.3) is 0 Å². The normalized spacial score (nSPS) is 20.7. The van der Waals surface area contributed by atoms with Crippen LogP contribution < -0.4 is 15.5 Å². The fraction of sp³-hybridized carbons (Fsp3) is 0.722. The monoisotopic (exact) mass is 365 g/mol. The number of nitrogens with one attached hydrogen (secondary N) is 2. The average Bonchev–Trinajstić information content (AvgIpc) is 3.18. The molecule has 6 nitrogen and oxygen atoms in total. The smallest absolute Gasteiger partial charge is 0.191 e. The highest BCUT2D eigenvalue weighted by molar-refractivity contribution is 7.14. The zero-order valence-corrected chi connectivity index (χ0v) is 16.1. The Hall–Kier alpha value is -1.31. The van der Waals surface area contributed by atoms with Gasteiger partial charge in [-0.2, -0.15) is 0 Å². The summed E-state index contributed by atoms with van der Waals surface area (Å²) in [5, 5.41) is 10.6. The summed E-state index contributed by atoms with van der Waals surface area (Å²) in [6, 6.07) is 4.86. The number of aliphatic imine (C=N–C) groups is 1. The van der Waals surface area contributed by atoms with E-state index in [1.807, 2.05) is 11.3 Å². The molecule has 0 radical (unpaired) electrons. The van der Waals surface area contributed by atoms with Crippen molar-refractivity contribution in [1.82, 2.24) is 15.5 Å². The number of thiophene rings is 1. The first-order valence-corrected chi connectivity index (χ1v) is 10.4. The van der Waals surface area contributed by atoms with E-state index in [0.29, 0.717) is 6.04 Å². The third kappa shape index (κ3) is 5.87. The summed E-state index contributed by atoms with van der Waals surface area (Å²) in [5.74, 6) is 0.963. The number of hydrogen-bond acceptors (Lipinski definition) is 5. The van der Waals surface area contributed by atoms with Crippen molar-refractivity contribution in [2.24, 2.45) is 4.99 Å². The van der Waals surface area contributed by atoms with Crippen LogP contribution in [0.15, 0.2) is 22.5 Å². The van der Waals surface area contributed by atoms with E-state index in [2.05, 4.69) is 44.9 Å². The molecular weight excluding hydrogens is 334 g/mol. The Labute approximate surface area is 155 Å². The fourth-order valence-corrected chi connectivity index (χ4v) is 4.12. The fourth-order valence-electron chi connectivity index (χ4n) is 3.34. The molecule has 140 valence electrons. The number of ether oxygens (including phenoxy) is 1. The number of piperidine rings is 1. The Morgan fingerprint density at radius 2 is 2.08 bits per heavy atom. The van der Waals surface area contributed by atoms with E-state index in [1.165, 1.54) is 5.00 Å². The molecule has 3 heterocycles. The van der Waals surface area contributed by atoms with Crippen LogP contribution in [-0.4, -0.2) is 75.9 Å². The van der Waals surface area contributed by atoms with Gasteiger partial charge in [0.1, 0.15) is 0 Å². The molecule has 3 rings (SSSR count). The molecule has 0 bridgehead atoms. The van der Waals surface area contributed by atoms with E-state index in [1.54, 1.807) is 0 Å². The summed E-state index contributed by atoms with van der Waals surface area (Å²) >= 11 is 1.83. The molecule has 0 aromatic carbocycles. The number of nitrogens with zero attached hydrogens (tertiary/aromatic N) is 3. The first-order chi connectivity index (χ1) is 12.3. The number of morpholine rings is 1. The third-order valence-corrected chi connectivity index (χ3v) is 5.72. The first kappa shape index (κ1) is 18.5. The Morgan fingerprint density at radius 3 is 2.76 bits per heavy atom. The number of hydrogen-bond donors (Lipinski definition) is 2. The molecule has 2 N–H and O–H groups in total. The molecule has 0 aliphatic carbocycles. The molecule has 0 spiro atoms. The third-order valence-electron chi connectivity index (χ3n) is 4.79. The van der Waals surface area contributed by atoms with Crippen LogP contribution >= 0.6 is 11.3 Å². The van der Waals surface area contributed by atoms with Gasteiger partial charge in [0.2, 0.25) is 0 Å². The predicted octanol–water partition coefficient (Wildman–Crippen LogP) is 1.60. The second kappa shape index (κ2) is 9.99.